The maximum atomic E-state index is 12.8. The molecule has 2 fully saturated rings. The molecule has 1 aromatic rings. The zero-order valence-electron chi connectivity index (χ0n) is 15.7. The molecule has 0 bridgehead atoms. The Bertz CT molecular complexity index is 826. The summed E-state index contributed by atoms with van der Waals surface area (Å²) in [5.41, 5.74) is 0.593. The monoisotopic (exact) mass is 446 g/mol. The fourth-order valence-corrected chi connectivity index (χ4v) is 5.35. The minimum absolute atomic E-state index is 0.187. The van der Waals surface area contributed by atoms with Gasteiger partial charge < -0.3 is 9.80 Å². The first-order valence-electron chi connectivity index (χ1n) is 9.14. The highest BCUT2D eigenvalue weighted by atomic mass is 35.5. The second-order valence-electron chi connectivity index (χ2n) is 6.90. The Balaban J connectivity index is 1.57. The lowest BCUT2D eigenvalue weighted by Crippen LogP contribution is -2.57. The molecule has 0 spiro atoms. The second-order valence-corrected chi connectivity index (χ2v) is 9.65. The summed E-state index contributed by atoms with van der Waals surface area (Å²) in [5, 5.41) is 0.944. The van der Waals surface area contributed by atoms with Crippen LogP contribution in [0.5, 0.6) is 0 Å². The van der Waals surface area contributed by atoms with E-state index >= 15 is 0 Å². The lowest BCUT2D eigenvalue weighted by atomic mass is 10.2. The molecular weight excluding hydrogens is 423 g/mol. The molecule has 2 saturated heterocycles. The average molecular weight is 447 g/mol. The number of halogens is 2. The molecule has 0 aromatic heterocycles. The quantitative estimate of drug-likeness (QED) is 0.659. The van der Waals surface area contributed by atoms with Crippen LogP contribution in [0, 0.1) is 0 Å². The summed E-state index contributed by atoms with van der Waals surface area (Å²) in [6.45, 7) is 3.75. The molecule has 1 aromatic carbocycles. The summed E-state index contributed by atoms with van der Waals surface area (Å²) >= 11 is 12.2. The smallest absolute Gasteiger partial charge is 0.282 e. The molecule has 10 heteroatoms. The molecule has 2 aliphatic heterocycles. The molecule has 0 unspecified atom stereocenters. The van der Waals surface area contributed by atoms with E-state index in [9.17, 15) is 13.2 Å². The van der Waals surface area contributed by atoms with E-state index in [0.29, 0.717) is 54.9 Å². The van der Waals surface area contributed by atoms with E-state index in [2.05, 4.69) is 4.90 Å². The highest BCUT2D eigenvalue weighted by Gasteiger charge is 2.34. The van der Waals surface area contributed by atoms with Gasteiger partial charge in [0.25, 0.3) is 10.2 Å². The number of nitrogens with zero attached hydrogens (tertiary/aromatic N) is 4. The van der Waals surface area contributed by atoms with Crippen LogP contribution >= 0.6 is 23.2 Å². The van der Waals surface area contributed by atoms with Gasteiger partial charge in [0, 0.05) is 74.0 Å². The Morgan fingerprint density at radius 3 is 1.96 bits per heavy atom. The molecule has 7 nitrogen and oxygen atoms in total. The van der Waals surface area contributed by atoms with Gasteiger partial charge in [0.2, 0.25) is 5.91 Å². The Morgan fingerprint density at radius 1 is 0.929 bits per heavy atom. The number of benzene rings is 1. The molecule has 0 aliphatic carbocycles. The van der Waals surface area contributed by atoms with Crippen LogP contribution in [-0.2, 0) is 15.0 Å². The van der Waals surface area contributed by atoms with Crippen LogP contribution < -0.4 is 0 Å². The third-order valence-electron chi connectivity index (χ3n) is 5.06. The predicted octanol–water partition coefficient (Wildman–Crippen LogP) is 1.64. The van der Waals surface area contributed by atoms with Gasteiger partial charge in [0.05, 0.1) is 0 Å². The van der Waals surface area contributed by atoms with Crippen LogP contribution in [0.4, 0.5) is 0 Å². The van der Waals surface area contributed by atoms with Crippen LogP contribution in [0.2, 0.25) is 10.0 Å². The Labute approximate surface area is 176 Å². The van der Waals surface area contributed by atoms with Gasteiger partial charge in [-0.3, -0.25) is 4.79 Å². The molecule has 3 rings (SSSR count). The number of likely N-dealkylation sites (N-methyl/N-ethyl adjacent to an activating group) is 1. The highest BCUT2D eigenvalue weighted by molar-refractivity contribution is 7.86. The summed E-state index contributed by atoms with van der Waals surface area (Å²) in [6.07, 6.45) is 3.03. The Hall–Kier alpha value is -1.16. The first-order valence-corrected chi connectivity index (χ1v) is 11.3. The molecule has 2 aliphatic rings. The molecule has 0 atom stereocenters. The van der Waals surface area contributed by atoms with Crippen molar-refractivity contribution in [2.75, 3.05) is 59.4 Å². The minimum atomic E-state index is -3.48. The number of carbonyl (C=O) groups excluding carboxylic acids is 1. The molecule has 2 heterocycles. The number of carbonyl (C=O) groups is 1. The fraction of sp³-hybridized carbons (Fsp3) is 0.500. The third kappa shape index (κ3) is 4.87. The van der Waals surface area contributed by atoms with Gasteiger partial charge in [-0.05, 0) is 25.3 Å². The number of hydrogen-bond acceptors (Lipinski definition) is 4. The van der Waals surface area contributed by atoms with Crippen molar-refractivity contribution in [2.45, 2.75) is 0 Å². The van der Waals surface area contributed by atoms with E-state index in [4.69, 9.17) is 23.2 Å². The zero-order chi connectivity index (χ0) is 20.3. The van der Waals surface area contributed by atoms with Crippen molar-refractivity contribution in [1.29, 1.82) is 0 Å². The average Bonchev–Trinajstić information content (AvgIpc) is 2.68. The van der Waals surface area contributed by atoms with Gasteiger partial charge in [-0.15, -0.1) is 0 Å². The van der Waals surface area contributed by atoms with Crippen LogP contribution in [0.15, 0.2) is 24.3 Å². The van der Waals surface area contributed by atoms with Crippen molar-refractivity contribution in [2.24, 2.45) is 0 Å². The van der Waals surface area contributed by atoms with Crippen molar-refractivity contribution in [3.05, 3.63) is 39.9 Å². The zero-order valence-corrected chi connectivity index (χ0v) is 18.0. The first-order chi connectivity index (χ1) is 13.3. The van der Waals surface area contributed by atoms with Gasteiger partial charge in [-0.2, -0.15) is 17.0 Å². The summed E-state index contributed by atoms with van der Waals surface area (Å²) < 4.78 is 28.6. The Morgan fingerprint density at radius 2 is 1.43 bits per heavy atom. The van der Waals surface area contributed by atoms with Crippen molar-refractivity contribution in [3.8, 4) is 0 Å². The number of rotatable bonds is 4. The summed E-state index contributed by atoms with van der Waals surface area (Å²) in [7, 11) is -1.49. The predicted molar refractivity (Wildman–Crippen MR) is 112 cm³/mol. The van der Waals surface area contributed by atoms with Crippen LogP contribution in [-0.4, -0.2) is 92.1 Å². The van der Waals surface area contributed by atoms with E-state index in [0.717, 1.165) is 13.1 Å². The maximum Gasteiger partial charge on any atom is 0.282 e. The fourth-order valence-electron chi connectivity index (χ4n) is 3.25. The van der Waals surface area contributed by atoms with Gasteiger partial charge in [0.1, 0.15) is 0 Å². The summed E-state index contributed by atoms with van der Waals surface area (Å²) in [5.74, 6) is -0.187. The largest absolute Gasteiger partial charge is 0.337 e. The van der Waals surface area contributed by atoms with Crippen LogP contribution in [0.3, 0.4) is 0 Å². The lowest BCUT2D eigenvalue weighted by Gasteiger charge is -2.38. The molecule has 0 saturated carbocycles. The molecular formula is C18H24Cl2N4O3S. The standard InChI is InChI=1S/C18H24Cl2N4O3S/c1-21-7-11-23(12-8-21)28(26,27)24-13-9-22(10-14-24)18(25)6-5-15-16(19)3-2-4-17(15)20/h2-6H,7-14H2,1H3/b6-5+. The summed E-state index contributed by atoms with van der Waals surface area (Å²) in [6, 6.07) is 5.16. The third-order valence-corrected chi connectivity index (χ3v) is 7.75. The number of hydrogen-bond donors (Lipinski definition) is 0. The van der Waals surface area contributed by atoms with Crippen molar-refractivity contribution in [1.82, 2.24) is 18.4 Å². The van der Waals surface area contributed by atoms with Crippen molar-refractivity contribution < 1.29 is 13.2 Å². The van der Waals surface area contributed by atoms with E-state index in [1.165, 1.54) is 14.7 Å². The van der Waals surface area contributed by atoms with E-state index in [-0.39, 0.29) is 5.91 Å². The van der Waals surface area contributed by atoms with Gasteiger partial charge in [-0.25, -0.2) is 0 Å². The van der Waals surface area contributed by atoms with Gasteiger partial charge in [0.15, 0.2) is 0 Å². The minimum Gasteiger partial charge on any atom is -0.337 e. The van der Waals surface area contributed by atoms with E-state index in [1.807, 2.05) is 7.05 Å². The first kappa shape index (κ1) is 21.5. The second kappa shape index (κ2) is 9.11. The SMILES string of the molecule is CN1CCN(S(=O)(=O)N2CCN(C(=O)/C=C/c3c(Cl)cccc3Cl)CC2)CC1. The van der Waals surface area contributed by atoms with Gasteiger partial charge in [-0.1, -0.05) is 29.3 Å². The molecule has 0 N–H and O–H groups in total. The number of amides is 1. The van der Waals surface area contributed by atoms with Crippen LogP contribution in [0.25, 0.3) is 6.08 Å². The van der Waals surface area contributed by atoms with E-state index < -0.39 is 10.2 Å². The highest BCUT2D eigenvalue weighted by Crippen LogP contribution is 2.25. The molecule has 1 amide bonds. The lowest BCUT2D eigenvalue weighted by molar-refractivity contribution is -0.127. The van der Waals surface area contributed by atoms with Crippen molar-refractivity contribution >= 4 is 45.4 Å². The van der Waals surface area contributed by atoms with E-state index in [1.54, 1.807) is 29.2 Å². The topological polar surface area (TPSA) is 64.2 Å². The summed E-state index contributed by atoms with van der Waals surface area (Å²) in [4.78, 5) is 16.2. The Kier molecular flexibility index (Phi) is 7.01. The number of piperazine rings is 2. The van der Waals surface area contributed by atoms with Crippen molar-refractivity contribution in [3.63, 3.8) is 0 Å². The molecule has 0 radical (unpaired) electrons. The molecule has 28 heavy (non-hydrogen) atoms. The molecule has 154 valence electrons. The van der Waals surface area contributed by atoms with Crippen LogP contribution in [0.1, 0.15) is 5.56 Å². The normalized spacial score (nSPS) is 20.8. The van der Waals surface area contributed by atoms with Gasteiger partial charge >= 0.3 is 0 Å². The maximum absolute atomic E-state index is 12.8.